The van der Waals surface area contributed by atoms with E-state index in [2.05, 4.69) is 4.90 Å². The molecular formula is C23H28FN3O3. The lowest BCUT2D eigenvalue weighted by molar-refractivity contribution is 0.0741. The van der Waals surface area contributed by atoms with Crippen molar-refractivity contribution in [3.05, 3.63) is 63.8 Å². The molecule has 1 amide bonds. The van der Waals surface area contributed by atoms with Crippen LogP contribution in [0.2, 0.25) is 0 Å². The van der Waals surface area contributed by atoms with E-state index in [1.54, 1.807) is 34.7 Å². The summed E-state index contributed by atoms with van der Waals surface area (Å²) in [5.74, 6) is -0.489. The summed E-state index contributed by atoms with van der Waals surface area (Å²) >= 11 is 0. The first-order chi connectivity index (χ1) is 14.4. The van der Waals surface area contributed by atoms with Gasteiger partial charge >= 0.3 is 0 Å². The van der Waals surface area contributed by atoms with Crippen molar-refractivity contribution < 1.29 is 14.3 Å². The molecule has 1 N–H and O–H groups in total. The molecular weight excluding hydrogens is 385 g/mol. The van der Waals surface area contributed by atoms with Crippen molar-refractivity contribution >= 4 is 11.6 Å². The zero-order valence-electron chi connectivity index (χ0n) is 17.3. The third-order valence-corrected chi connectivity index (χ3v) is 6.36. The minimum atomic E-state index is -0.291. The smallest absolute Gasteiger partial charge is 0.263 e. The summed E-state index contributed by atoms with van der Waals surface area (Å²) in [6.45, 7) is 4.10. The summed E-state index contributed by atoms with van der Waals surface area (Å²) in [6, 6.07) is 8.24. The van der Waals surface area contributed by atoms with Crippen molar-refractivity contribution in [3.8, 4) is 0 Å². The van der Waals surface area contributed by atoms with E-state index in [1.165, 1.54) is 12.1 Å². The van der Waals surface area contributed by atoms with Crippen molar-refractivity contribution in [2.45, 2.75) is 44.8 Å². The molecule has 1 saturated heterocycles. The number of piperazine rings is 1. The van der Waals surface area contributed by atoms with Gasteiger partial charge in [0.15, 0.2) is 0 Å². The first-order valence-corrected chi connectivity index (χ1v) is 10.6. The number of halogens is 1. The van der Waals surface area contributed by atoms with Gasteiger partial charge in [-0.1, -0.05) is 0 Å². The van der Waals surface area contributed by atoms with Gasteiger partial charge in [-0.2, -0.15) is 0 Å². The van der Waals surface area contributed by atoms with Crippen molar-refractivity contribution in [1.82, 2.24) is 9.47 Å². The Kier molecular flexibility index (Phi) is 5.90. The number of hydrogen-bond acceptors (Lipinski definition) is 4. The van der Waals surface area contributed by atoms with Crippen LogP contribution in [0, 0.1) is 12.7 Å². The van der Waals surface area contributed by atoms with Crippen LogP contribution in [0.15, 0.2) is 41.3 Å². The van der Waals surface area contributed by atoms with E-state index in [9.17, 15) is 19.1 Å². The van der Waals surface area contributed by atoms with E-state index in [4.69, 9.17) is 0 Å². The van der Waals surface area contributed by atoms with Gasteiger partial charge in [0.2, 0.25) is 0 Å². The van der Waals surface area contributed by atoms with Gasteiger partial charge in [0.05, 0.1) is 6.10 Å². The lowest BCUT2D eigenvalue weighted by Gasteiger charge is -2.36. The Hall–Kier alpha value is -2.67. The number of pyridine rings is 1. The van der Waals surface area contributed by atoms with Crippen LogP contribution in [-0.4, -0.2) is 52.8 Å². The molecule has 2 heterocycles. The maximum absolute atomic E-state index is 13.2. The fraction of sp³-hybridized carbons (Fsp3) is 0.478. The molecule has 0 radical (unpaired) electrons. The molecule has 0 spiro atoms. The highest BCUT2D eigenvalue weighted by Crippen LogP contribution is 2.27. The van der Waals surface area contributed by atoms with Crippen molar-refractivity contribution in [3.63, 3.8) is 0 Å². The Morgan fingerprint density at radius 1 is 1.00 bits per heavy atom. The second kappa shape index (κ2) is 8.60. The van der Waals surface area contributed by atoms with Gasteiger partial charge in [0, 0.05) is 44.1 Å². The van der Waals surface area contributed by atoms with Crippen LogP contribution in [0.25, 0.3) is 0 Å². The van der Waals surface area contributed by atoms with Crippen molar-refractivity contribution in [2.75, 3.05) is 31.1 Å². The number of carbonyl (C=O) groups is 1. The van der Waals surface area contributed by atoms with Crippen LogP contribution >= 0.6 is 0 Å². The standard InChI is InChI=1S/C23H28FN3O3/c1-16-10-11-27(19-6-8-20(28)9-7-19)23(30)21(16)22(29)26-14-12-25(13-15-26)18-4-2-17(24)3-5-18/h2-5,10-11,19-20,28H,6-9,12-15H2,1H3. The maximum atomic E-state index is 13.2. The molecule has 2 aromatic rings. The summed E-state index contributed by atoms with van der Waals surface area (Å²) in [5.41, 5.74) is 1.64. The third-order valence-electron chi connectivity index (χ3n) is 6.36. The molecule has 1 aromatic heterocycles. The minimum Gasteiger partial charge on any atom is -0.393 e. The Labute approximate surface area is 175 Å². The molecule has 4 rings (SSSR count). The Balaban J connectivity index is 1.49. The fourth-order valence-corrected chi connectivity index (χ4v) is 4.50. The molecule has 1 saturated carbocycles. The highest BCUT2D eigenvalue weighted by molar-refractivity contribution is 5.95. The predicted molar refractivity (Wildman–Crippen MR) is 113 cm³/mol. The highest BCUT2D eigenvalue weighted by atomic mass is 19.1. The molecule has 1 aliphatic carbocycles. The van der Waals surface area contributed by atoms with E-state index in [0.717, 1.165) is 18.5 Å². The largest absolute Gasteiger partial charge is 0.393 e. The SMILES string of the molecule is Cc1ccn(C2CCC(O)CC2)c(=O)c1C(=O)N1CCN(c2ccc(F)cc2)CC1. The summed E-state index contributed by atoms with van der Waals surface area (Å²) in [6.07, 6.45) is 4.34. The number of carbonyl (C=O) groups excluding carboxylic acids is 1. The molecule has 0 bridgehead atoms. The normalized spacial score (nSPS) is 22.2. The molecule has 1 aliphatic heterocycles. The number of nitrogens with zero attached hydrogens (tertiary/aromatic N) is 3. The topological polar surface area (TPSA) is 65.8 Å². The number of aryl methyl sites for hydroxylation is 1. The number of aliphatic hydroxyl groups excluding tert-OH is 1. The number of anilines is 1. The van der Waals surface area contributed by atoms with Gasteiger partial charge in [-0.3, -0.25) is 9.59 Å². The van der Waals surface area contributed by atoms with E-state index in [-0.39, 0.29) is 35.0 Å². The van der Waals surface area contributed by atoms with Gasteiger partial charge in [-0.15, -0.1) is 0 Å². The first kappa shape index (κ1) is 20.6. The molecule has 2 aliphatic rings. The zero-order valence-corrected chi connectivity index (χ0v) is 17.3. The molecule has 30 heavy (non-hydrogen) atoms. The molecule has 2 fully saturated rings. The monoisotopic (exact) mass is 413 g/mol. The number of aliphatic hydroxyl groups is 1. The Morgan fingerprint density at radius 2 is 1.63 bits per heavy atom. The van der Waals surface area contributed by atoms with Crippen LogP contribution in [0.4, 0.5) is 10.1 Å². The van der Waals surface area contributed by atoms with Crippen LogP contribution in [0.3, 0.4) is 0 Å². The van der Waals surface area contributed by atoms with E-state index in [1.807, 2.05) is 6.07 Å². The highest BCUT2D eigenvalue weighted by Gasteiger charge is 2.28. The van der Waals surface area contributed by atoms with E-state index in [0.29, 0.717) is 44.6 Å². The number of hydrogen-bond donors (Lipinski definition) is 1. The molecule has 0 atom stereocenters. The van der Waals surface area contributed by atoms with Gasteiger partial charge in [0.1, 0.15) is 11.4 Å². The summed E-state index contributed by atoms with van der Waals surface area (Å²) in [7, 11) is 0. The van der Waals surface area contributed by atoms with Crippen molar-refractivity contribution in [1.29, 1.82) is 0 Å². The maximum Gasteiger partial charge on any atom is 0.263 e. The fourth-order valence-electron chi connectivity index (χ4n) is 4.50. The van der Waals surface area contributed by atoms with Crippen LogP contribution in [0.5, 0.6) is 0 Å². The zero-order chi connectivity index (χ0) is 21.3. The first-order valence-electron chi connectivity index (χ1n) is 10.6. The molecule has 160 valence electrons. The summed E-state index contributed by atoms with van der Waals surface area (Å²) in [4.78, 5) is 30.3. The van der Waals surface area contributed by atoms with Crippen LogP contribution < -0.4 is 10.5 Å². The second-order valence-electron chi connectivity index (χ2n) is 8.30. The minimum absolute atomic E-state index is 0.0309. The number of rotatable bonds is 3. The van der Waals surface area contributed by atoms with Gasteiger partial charge in [-0.05, 0) is 68.5 Å². The van der Waals surface area contributed by atoms with Crippen LogP contribution in [0.1, 0.15) is 47.6 Å². The van der Waals surface area contributed by atoms with E-state index < -0.39 is 0 Å². The molecule has 7 heteroatoms. The number of aromatic nitrogens is 1. The Bertz CT molecular complexity index is 957. The second-order valence-corrected chi connectivity index (χ2v) is 8.30. The summed E-state index contributed by atoms with van der Waals surface area (Å²) in [5, 5.41) is 9.75. The molecule has 6 nitrogen and oxygen atoms in total. The van der Waals surface area contributed by atoms with Gasteiger partial charge < -0.3 is 19.5 Å². The van der Waals surface area contributed by atoms with Crippen molar-refractivity contribution in [2.24, 2.45) is 0 Å². The predicted octanol–water partition coefficient (Wildman–Crippen LogP) is 2.73. The van der Waals surface area contributed by atoms with E-state index >= 15 is 0 Å². The lowest BCUT2D eigenvalue weighted by atomic mass is 9.92. The quantitative estimate of drug-likeness (QED) is 0.840. The van der Waals surface area contributed by atoms with Gasteiger partial charge in [0.25, 0.3) is 11.5 Å². The lowest BCUT2D eigenvalue weighted by Crippen LogP contribution is -2.50. The third kappa shape index (κ3) is 4.12. The van der Waals surface area contributed by atoms with Gasteiger partial charge in [-0.25, -0.2) is 4.39 Å². The molecule has 0 unspecified atom stereocenters. The average molecular weight is 413 g/mol. The summed E-state index contributed by atoms with van der Waals surface area (Å²) < 4.78 is 14.8. The molecule has 1 aromatic carbocycles. The number of benzene rings is 1. The van der Waals surface area contributed by atoms with Crippen LogP contribution in [-0.2, 0) is 0 Å². The Morgan fingerprint density at radius 3 is 2.27 bits per heavy atom. The number of amides is 1. The average Bonchev–Trinajstić information content (AvgIpc) is 2.75.